The van der Waals surface area contributed by atoms with E-state index in [1.54, 1.807) is 4.90 Å². The second-order valence-corrected chi connectivity index (χ2v) is 8.98. The maximum atomic E-state index is 13.2. The maximum Gasteiger partial charge on any atom is 0.573 e. The van der Waals surface area contributed by atoms with Gasteiger partial charge >= 0.3 is 12.5 Å². The lowest BCUT2D eigenvalue weighted by molar-refractivity contribution is -0.274. The van der Waals surface area contributed by atoms with Gasteiger partial charge in [0.25, 0.3) is 5.91 Å². The standard InChI is InChI=1S/C22H21ClF3N7O4/c1-12-19(20(34)32-6-4-15-16(11-32)29-30-28-15)27-18-5-7-31(8-9-33(12)18)21(35)36-13-2-3-17(14(23)10-13)37-22(24,25)26/h2-3,10H,4-9,11H2,1H3,(H,28,29,30). The van der Waals surface area contributed by atoms with Gasteiger partial charge in [-0.25, -0.2) is 9.78 Å². The van der Waals surface area contributed by atoms with Gasteiger partial charge in [-0.05, 0) is 19.1 Å². The number of halogens is 4. The zero-order chi connectivity index (χ0) is 26.3. The number of hydrogen-bond donors (Lipinski definition) is 1. The molecule has 0 bridgehead atoms. The highest BCUT2D eigenvalue weighted by Crippen LogP contribution is 2.33. The van der Waals surface area contributed by atoms with Gasteiger partial charge in [-0.15, -0.1) is 18.3 Å². The zero-order valence-electron chi connectivity index (χ0n) is 19.5. The van der Waals surface area contributed by atoms with Gasteiger partial charge in [-0.2, -0.15) is 0 Å². The smallest absolute Gasteiger partial charge is 0.410 e. The van der Waals surface area contributed by atoms with E-state index < -0.39 is 18.2 Å². The number of aromatic amines is 1. The largest absolute Gasteiger partial charge is 0.573 e. The minimum atomic E-state index is -4.89. The normalized spacial score (nSPS) is 15.6. The lowest BCUT2D eigenvalue weighted by Crippen LogP contribution is -2.37. The third-order valence-corrected chi connectivity index (χ3v) is 6.55. The Hall–Kier alpha value is -3.81. The van der Waals surface area contributed by atoms with E-state index in [2.05, 4.69) is 25.1 Å². The van der Waals surface area contributed by atoms with Crippen LogP contribution in [0.3, 0.4) is 0 Å². The number of hydrogen-bond acceptors (Lipinski definition) is 7. The van der Waals surface area contributed by atoms with Crippen LogP contribution in [-0.4, -0.2) is 72.8 Å². The monoisotopic (exact) mass is 539 g/mol. The van der Waals surface area contributed by atoms with Crippen molar-refractivity contribution in [2.45, 2.75) is 39.2 Å². The Morgan fingerprint density at radius 3 is 2.65 bits per heavy atom. The fourth-order valence-corrected chi connectivity index (χ4v) is 4.59. The van der Waals surface area contributed by atoms with Crippen molar-refractivity contribution in [1.29, 1.82) is 0 Å². The number of fused-ring (bicyclic) bond motifs is 2. The molecule has 4 heterocycles. The van der Waals surface area contributed by atoms with Gasteiger partial charge in [0, 0.05) is 50.8 Å². The van der Waals surface area contributed by atoms with Crippen LogP contribution in [0.15, 0.2) is 18.2 Å². The first-order valence-electron chi connectivity index (χ1n) is 11.3. The number of alkyl halides is 3. The van der Waals surface area contributed by atoms with Gasteiger partial charge in [0.2, 0.25) is 0 Å². The molecule has 2 amide bonds. The van der Waals surface area contributed by atoms with Crippen LogP contribution in [0, 0.1) is 6.92 Å². The minimum absolute atomic E-state index is 0.0210. The number of benzene rings is 1. The van der Waals surface area contributed by atoms with E-state index in [-0.39, 0.29) is 29.8 Å². The number of amides is 2. The Morgan fingerprint density at radius 1 is 1.11 bits per heavy atom. The van der Waals surface area contributed by atoms with Gasteiger partial charge in [0.05, 0.1) is 17.3 Å². The first-order chi connectivity index (χ1) is 17.6. The molecule has 0 spiro atoms. The highest BCUT2D eigenvalue weighted by molar-refractivity contribution is 6.32. The molecule has 3 aromatic rings. The predicted molar refractivity (Wildman–Crippen MR) is 121 cm³/mol. The molecule has 0 fully saturated rings. The summed E-state index contributed by atoms with van der Waals surface area (Å²) in [6, 6.07) is 3.22. The summed E-state index contributed by atoms with van der Waals surface area (Å²) in [7, 11) is 0. The molecule has 37 heavy (non-hydrogen) atoms. The number of aromatic nitrogens is 5. The number of ether oxygens (including phenoxy) is 2. The van der Waals surface area contributed by atoms with Crippen LogP contribution >= 0.6 is 11.6 Å². The highest BCUT2D eigenvalue weighted by Gasteiger charge is 2.33. The Morgan fingerprint density at radius 2 is 1.89 bits per heavy atom. The first-order valence-corrected chi connectivity index (χ1v) is 11.7. The number of imidazole rings is 1. The second kappa shape index (κ2) is 9.57. The van der Waals surface area contributed by atoms with Gasteiger partial charge in [0.15, 0.2) is 0 Å². The molecule has 0 saturated heterocycles. The summed E-state index contributed by atoms with van der Waals surface area (Å²) >= 11 is 5.83. The van der Waals surface area contributed by atoms with E-state index >= 15 is 0 Å². The summed E-state index contributed by atoms with van der Waals surface area (Å²) in [5, 5.41) is 10.3. The van der Waals surface area contributed by atoms with Crippen LogP contribution in [0.1, 0.15) is 33.4 Å². The van der Waals surface area contributed by atoms with E-state index in [1.807, 2.05) is 11.5 Å². The van der Waals surface area contributed by atoms with E-state index in [4.69, 9.17) is 16.3 Å². The van der Waals surface area contributed by atoms with Crippen LogP contribution in [-0.2, 0) is 25.9 Å². The average molecular weight is 540 g/mol. The molecule has 0 unspecified atom stereocenters. The Labute approximate surface area is 213 Å². The Kier molecular flexibility index (Phi) is 6.43. The fourth-order valence-electron chi connectivity index (χ4n) is 4.38. The average Bonchev–Trinajstić information content (AvgIpc) is 3.36. The van der Waals surface area contributed by atoms with Crippen LogP contribution in [0.4, 0.5) is 18.0 Å². The van der Waals surface area contributed by atoms with Crippen LogP contribution in [0.25, 0.3) is 0 Å². The van der Waals surface area contributed by atoms with Crippen molar-refractivity contribution in [3.05, 3.63) is 51.8 Å². The number of carbonyl (C=O) groups is 2. The molecule has 1 N–H and O–H groups in total. The topological polar surface area (TPSA) is 118 Å². The van der Waals surface area contributed by atoms with Crippen LogP contribution in [0.5, 0.6) is 11.5 Å². The lowest BCUT2D eigenvalue weighted by atomic mass is 10.1. The molecule has 0 radical (unpaired) electrons. The van der Waals surface area contributed by atoms with Gasteiger partial charge in [0.1, 0.15) is 28.7 Å². The summed E-state index contributed by atoms with van der Waals surface area (Å²) < 4.78 is 48.3. The molecule has 2 aromatic heterocycles. The molecule has 2 aliphatic rings. The van der Waals surface area contributed by atoms with Crippen molar-refractivity contribution in [2.24, 2.45) is 0 Å². The third kappa shape index (κ3) is 5.19. The SMILES string of the molecule is Cc1c(C(=O)N2CCc3[nH]nnc3C2)nc2n1CCN(C(=O)Oc1ccc(OC(F)(F)F)c(Cl)c1)CC2. The molecular weight excluding hydrogens is 519 g/mol. The van der Waals surface area contributed by atoms with Crippen molar-refractivity contribution in [3.8, 4) is 11.5 Å². The first kappa shape index (κ1) is 24.9. The molecule has 2 aliphatic heterocycles. The highest BCUT2D eigenvalue weighted by atomic mass is 35.5. The van der Waals surface area contributed by atoms with Crippen molar-refractivity contribution < 1.29 is 32.2 Å². The molecule has 15 heteroatoms. The minimum Gasteiger partial charge on any atom is -0.410 e. The van der Waals surface area contributed by atoms with Gasteiger partial charge in [-0.3, -0.25) is 9.89 Å². The molecule has 196 valence electrons. The summed E-state index contributed by atoms with van der Waals surface area (Å²) in [6.07, 6.45) is -4.55. The second-order valence-electron chi connectivity index (χ2n) is 8.57. The van der Waals surface area contributed by atoms with Gasteiger partial charge < -0.3 is 23.8 Å². The molecule has 0 atom stereocenters. The lowest BCUT2D eigenvalue weighted by Gasteiger charge is -2.25. The number of nitrogens with one attached hydrogen (secondary N) is 1. The Bertz CT molecular complexity index is 1360. The van der Waals surface area contributed by atoms with Crippen molar-refractivity contribution in [2.75, 3.05) is 19.6 Å². The predicted octanol–water partition coefficient (Wildman–Crippen LogP) is 3.12. The summed E-state index contributed by atoms with van der Waals surface area (Å²) in [5.41, 5.74) is 2.75. The number of nitrogens with zero attached hydrogens (tertiary/aromatic N) is 6. The van der Waals surface area contributed by atoms with Crippen molar-refractivity contribution in [3.63, 3.8) is 0 Å². The Balaban J connectivity index is 1.22. The van der Waals surface area contributed by atoms with E-state index in [0.717, 1.165) is 23.5 Å². The number of H-pyrrole nitrogens is 1. The van der Waals surface area contributed by atoms with E-state index in [9.17, 15) is 22.8 Å². The molecule has 11 nitrogen and oxygen atoms in total. The summed E-state index contributed by atoms with van der Waals surface area (Å²) in [4.78, 5) is 33.6. The van der Waals surface area contributed by atoms with Gasteiger partial charge in [-0.1, -0.05) is 16.8 Å². The van der Waals surface area contributed by atoms with E-state index in [1.165, 1.54) is 11.0 Å². The van der Waals surface area contributed by atoms with Crippen molar-refractivity contribution in [1.82, 2.24) is 34.8 Å². The molecule has 0 saturated carbocycles. The quantitative estimate of drug-likeness (QED) is 0.543. The summed E-state index contributed by atoms with van der Waals surface area (Å²) in [5.74, 6) is -0.127. The maximum absolute atomic E-state index is 13.2. The van der Waals surface area contributed by atoms with Crippen LogP contribution < -0.4 is 9.47 Å². The zero-order valence-corrected chi connectivity index (χ0v) is 20.3. The molecule has 1 aromatic carbocycles. The summed E-state index contributed by atoms with van der Waals surface area (Å²) in [6.45, 7) is 3.66. The van der Waals surface area contributed by atoms with Crippen LogP contribution in [0.2, 0.25) is 5.02 Å². The molecule has 5 rings (SSSR count). The molecule has 0 aliphatic carbocycles. The van der Waals surface area contributed by atoms with E-state index in [0.29, 0.717) is 49.7 Å². The number of rotatable bonds is 3. The van der Waals surface area contributed by atoms with Crippen molar-refractivity contribution >= 4 is 23.6 Å². The third-order valence-electron chi connectivity index (χ3n) is 6.26. The molecular formula is C22H21ClF3N7O4. The fraction of sp³-hybridized carbons (Fsp3) is 0.409. The number of carbonyl (C=O) groups excluding carboxylic acids is 2.